The van der Waals surface area contributed by atoms with Crippen molar-refractivity contribution >= 4 is 5.82 Å². The van der Waals surface area contributed by atoms with Gasteiger partial charge in [0.05, 0.1) is 12.2 Å². The van der Waals surface area contributed by atoms with Crippen molar-refractivity contribution in [2.75, 3.05) is 38.2 Å². The maximum atomic E-state index is 6.22. The molecule has 0 spiro atoms. The van der Waals surface area contributed by atoms with E-state index in [1.165, 1.54) is 0 Å². The molecule has 1 aliphatic carbocycles. The summed E-state index contributed by atoms with van der Waals surface area (Å²) in [5, 5.41) is 0. The highest BCUT2D eigenvalue weighted by molar-refractivity contribution is 5.41. The van der Waals surface area contributed by atoms with Crippen LogP contribution < -0.4 is 10.6 Å². The van der Waals surface area contributed by atoms with Gasteiger partial charge in [-0.1, -0.05) is 6.08 Å². The number of likely N-dealkylation sites (N-methyl/N-ethyl adjacent to an activating group) is 1. The fraction of sp³-hybridized carbons (Fsp3) is 0.619. The molecule has 1 atom stereocenters. The van der Waals surface area contributed by atoms with Gasteiger partial charge in [-0.3, -0.25) is 0 Å². The Morgan fingerprint density at radius 3 is 2.85 bits per heavy atom. The Labute approximate surface area is 163 Å². The SMILES string of the molecule is C/C(Cc1cc(N2CCN(C)[C@@H](C)C2)ncn1)=C(N)\C=C/COC1(C)CC1. The van der Waals surface area contributed by atoms with Crippen LogP contribution in [0.5, 0.6) is 0 Å². The van der Waals surface area contributed by atoms with Gasteiger partial charge in [0, 0.05) is 49.6 Å². The fourth-order valence-electron chi connectivity index (χ4n) is 3.17. The molecule has 2 heterocycles. The number of piperazine rings is 1. The minimum Gasteiger partial charge on any atom is -0.399 e. The average molecular weight is 372 g/mol. The molecule has 148 valence electrons. The van der Waals surface area contributed by atoms with Crippen LogP contribution in [0.4, 0.5) is 5.82 Å². The Morgan fingerprint density at radius 2 is 2.15 bits per heavy atom. The van der Waals surface area contributed by atoms with E-state index in [1.807, 2.05) is 12.2 Å². The molecule has 1 aromatic heterocycles. The number of ether oxygens (including phenoxy) is 1. The average Bonchev–Trinajstić information content (AvgIpc) is 3.38. The molecule has 1 aliphatic heterocycles. The van der Waals surface area contributed by atoms with Crippen molar-refractivity contribution in [3.63, 3.8) is 0 Å². The van der Waals surface area contributed by atoms with E-state index in [4.69, 9.17) is 10.5 Å². The third-order valence-electron chi connectivity index (χ3n) is 5.71. The van der Waals surface area contributed by atoms with Gasteiger partial charge in [0.15, 0.2) is 0 Å². The van der Waals surface area contributed by atoms with Gasteiger partial charge in [0.2, 0.25) is 0 Å². The Hall–Kier alpha value is -1.92. The summed E-state index contributed by atoms with van der Waals surface area (Å²) < 4.78 is 5.79. The topological polar surface area (TPSA) is 67.5 Å². The minimum absolute atomic E-state index is 0.107. The zero-order valence-electron chi connectivity index (χ0n) is 17.1. The lowest BCUT2D eigenvalue weighted by atomic mass is 10.1. The Morgan fingerprint density at radius 1 is 1.37 bits per heavy atom. The van der Waals surface area contributed by atoms with Crippen LogP contribution in [0.25, 0.3) is 0 Å². The fourth-order valence-corrected chi connectivity index (χ4v) is 3.17. The maximum absolute atomic E-state index is 6.22. The molecular weight excluding hydrogens is 338 g/mol. The van der Waals surface area contributed by atoms with E-state index < -0.39 is 0 Å². The number of rotatable bonds is 7. The van der Waals surface area contributed by atoms with Crippen molar-refractivity contribution in [2.45, 2.75) is 51.7 Å². The molecule has 6 nitrogen and oxygen atoms in total. The molecule has 2 aliphatic rings. The summed E-state index contributed by atoms with van der Waals surface area (Å²) in [7, 11) is 2.17. The molecule has 1 saturated carbocycles. The van der Waals surface area contributed by atoms with Crippen molar-refractivity contribution in [3.8, 4) is 0 Å². The monoisotopic (exact) mass is 371 g/mol. The molecule has 0 unspecified atom stereocenters. The number of allylic oxidation sites excluding steroid dienone is 2. The van der Waals surface area contributed by atoms with Crippen molar-refractivity contribution in [3.05, 3.63) is 41.5 Å². The highest BCUT2D eigenvalue weighted by atomic mass is 16.5. The van der Waals surface area contributed by atoms with Gasteiger partial charge < -0.3 is 20.3 Å². The van der Waals surface area contributed by atoms with E-state index in [0.717, 1.165) is 61.7 Å². The Balaban J connectivity index is 1.58. The smallest absolute Gasteiger partial charge is 0.132 e. The van der Waals surface area contributed by atoms with Gasteiger partial charge in [-0.2, -0.15) is 0 Å². The summed E-state index contributed by atoms with van der Waals surface area (Å²) in [6, 6.07) is 2.62. The number of anilines is 1. The van der Waals surface area contributed by atoms with Crippen LogP contribution in [0.15, 0.2) is 35.8 Å². The molecule has 1 aromatic rings. The molecule has 0 bridgehead atoms. The van der Waals surface area contributed by atoms with Crippen LogP contribution in [0.1, 0.15) is 39.3 Å². The van der Waals surface area contributed by atoms with E-state index in [1.54, 1.807) is 6.33 Å². The lowest BCUT2D eigenvalue weighted by Crippen LogP contribution is -2.50. The van der Waals surface area contributed by atoms with E-state index >= 15 is 0 Å². The molecule has 0 radical (unpaired) electrons. The zero-order valence-corrected chi connectivity index (χ0v) is 17.1. The second-order valence-corrected chi connectivity index (χ2v) is 8.22. The van der Waals surface area contributed by atoms with E-state index in [0.29, 0.717) is 12.6 Å². The third kappa shape index (κ3) is 5.53. The lowest BCUT2D eigenvalue weighted by Gasteiger charge is -2.38. The summed E-state index contributed by atoms with van der Waals surface area (Å²) in [5.41, 5.74) is 9.23. The van der Waals surface area contributed by atoms with Gasteiger partial charge >= 0.3 is 0 Å². The van der Waals surface area contributed by atoms with Crippen molar-refractivity contribution in [2.24, 2.45) is 5.73 Å². The van der Waals surface area contributed by atoms with Crippen molar-refractivity contribution in [1.82, 2.24) is 14.9 Å². The standard InChI is InChI=1S/C21H33N5O/c1-16(19(22)6-5-11-27-21(3)7-8-21)12-18-13-20(24-15-23-18)26-10-9-25(4)17(2)14-26/h5-6,13,15,17H,7-12,14,22H2,1-4H3/b6-5-,19-16-/t17-/m0/s1. The van der Waals surface area contributed by atoms with Gasteiger partial charge in [-0.05, 0) is 52.3 Å². The predicted molar refractivity (Wildman–Crippen MR) is 110 cm³/mol. The molecule has 27 heavy (non-hydrogen) atoms. The van der Waals surface area contributed by atoms with Gasteiger partial charge in [0.25, 0.3) is 0 Å². The first-order valence-electron chi connectivity index (χ1n) is 9.88. The quantitative estimate of drug-likeness (QED) is 0.743. The van der Waals surface area contributed by atoms with Gasteiger partial charge in [-0.25, -0.2) is 9.97 Å². The van der Waals surface area contributed by atoms with Crippen LogP contribution in [-0.2, 0) is 11.2 Å². The number of hydrogen-bond donors (Lipinski definition) is 1. The summed E-state index contributed by atoms with van der Waals surface area (Å²) in [6.45, 7) is 10.1. The molecule has 3 rings (SSSR count). The Kier molecular flexibility index (Phi) is 6.17. The van der Waals surface area contributed by atoms with E-state index in [9.17, 15) is 0 Å². The second-order valence-electron chi connectivity index (χ2n) is 8.22. The number of nitrogens with two attached hydrogens (primary N) is 1. The number of aromatic nitrogens is 2. The summed E-state index contributed by atoms with van der Waals surface area (Å²) >= 11 is 0. The molecule has 6 heteroatoms. The largest absolute Gasteiger partial charge is 0.399 e. The zero-order chi connectivity index (χ0) is 19.4. The van der Waals surface area contributed by atoms with Crippen molar-refractivity contribution < 1.29 is 4.74 Å². The highest BCUT2D eigenvalue weighted by Crippen LogP contribution is 2.38. The summed E-state index contributed by atoms with van der Waals surface area (Å²) in [6.07, 6.45) is 8.66. The first kappa shape index (κ1) is 19.8. The second kappa shape index (κ2) is 8.40. The normalized spacial score (nSPS) is 23.6. The van der Waals surface area contributed by atoms with Crippen LogP contribution >= 0.6 is 0 Å². The highest BCUT2D eigenvalue weighted by Gasteiger charge is 2.37. The molecule has 2 N–H and O–H groups in total. The van der Waals surface area contributed by atoms with Crippen LogP contribution in [-0.4, -0.2) is 59.8 Å². The predicted octanol–water partition coefficient (Wildman–Crippen LogP) is 2.52. The number of hydrogen-bond acceptors (Lipinski definition) is 6. The van der Waals surface area contributed by atoms with E-state index in [2.05, 4.69) is 53.7 Å². The molecule has 1 saturated heterocycles. The first-order valence-corrected chi connectivity index (χ1v) is 9.88. The van der Waals surface area contributed by atoms with Crippen LogP contribution in [0, 0.1) is 0 Å². The molecule has 0 aromatic carbocycles. The molecule has 2 fully saturated rings. The van der Waals surface area contributed by atoms with Crippen LogP contribution in [0.2, 0.25) is 0 Å². The summed E-state index contributed by atoms with van der Waals surface area (Å²) in [4.78, 5) is 13.6. The minimum atomic E-state index is 0.107. The third-order valence-corrected chi connectivity index (χ3v) is 5.71. The van der Waals surface area contributed by atoms with Crippen LogP contribution in [0.3, 0.4) is 0 Å². The maximum Gasteiger partial charge on any atom is 0.132 e. The lowest BCUT2D eigenvalue weighted by molar-refractivity contribution is 0.0678. The molecular formula is C21H33N5O. The van der Waals surface area contributed by atoms with Gasteiger partial charge in [0.1, 0.15) is 12.1 Å². The van der Waals surface area contributed by atoms with E-state index in [-0.39, 0.29) is 5.60 Å². The van der Waals surface area contributed by atoms with Gasteiger partial charge in [-0.15, -0.1) is 0 Å². The first-order chi connectivity index (χ1) is 12.9. The molecule has 0 amide bonds. The van der Waals surface area contributed by atoms with Crippen molar-refractivity contribution in [1.29, 1.82) is 0 Å². The summed E-state index contributed by atoms with van der Waals surface area (Å²) in [5.74, 6) is 1.01. The Bertz CT molecular complexity index is 710. The number of nitrogens with zero attached hydrogens (tertiary/aromatic N) is 4.